The van der Waals surface area contributed by atoms with Crippen molar-refractivity contribution in [3.05, 3.63) is 60.2 Å². The van der Waals surface area contributed by atoms with Gasteiger partial charge in [-0.3, -0.25) is 14.5 Å². The molecule has 0 aromatic heterocycles. The average molecular weight is 433 g/mol. The van der Waals surface area contributed by atoms with Gasteiger partial charge in [-0.15, -0.1) is 0 Å². The molecule has 1 aliphatic heterocycles. The molecule has 2 aromatic carbocycles. The summed E-state index contributed by atoms with van der Waals surface area (Å²) in [6.07, 6.45) is 0.471. The van der Waals surface area contributed by atoms with Crippen LogP contribution in [0, 0.1) is 11.6 Å². The highest BCUT2D eigenvalue weighted by Crippen LogP contribution is 2.28. The molecule has 2 amide bonds. The Morgan fingerprint density at radius 1 is 1.10 bits per heavy atom. The van der Waals surface area contributed by atoms with Crippen LogP contribution in [0.15, 0.2) is 48.5 Å². The fourth-order valence-electron chi connectivity index (χ4n) is 3.22. The molecule has 0 radical (unpaired) electrons. The van der Waals surface area contributed by atoms with Gasteiger partial charge in [-0.2, -0.15) is 0 Å². The first kappa shape index (κ1) is 21.8. The fraction of sp³-hybridized carbons (Fsp3) is 0.286. The molecule has 30 heavy (non-hydrogen) atoms. The number of hydrogen-bond acceptors (Lipinski definition) is 4. The Labute approximate surface area is 178 Å². The van der Waals surface area contributed by atoms with Crippen molar-refractivity contribution in [3.8, 4) is 0 Å². The smallest absolute Gasteiger partial charge is 0.256 e. The summed E-state index contributed by atoms with van der Waals surface area (Å²) in [7, 11) is 1.58. The minimum Gasteiger partial charge on any atom is -0.385 e. The van der Waals surface area contributed by atoms with Crippen LogP contribution >= 0.6 is 12.2 Å². The standard InChI is InChI=1S/C21H21F2N3O3S/c1-29-12-2-11-25-18(13-19(27)24-16-7-3-14(22)4-8-16)20(28)26(21(25)30)17-9-5-15(23)6-10-17/h3-10,18H,2,11-13H2,1H3,(H,24,27)/t18-/m0/s1. The summed E-state index contributed by atoms with van der Waals surface area (Å²) in [5.41, 5.74) is 0.861. The van der Waals surface area contributed by atoms with E-state index < -0.39 is 23.6 Å². The predicted molar refractivity (Wildman–Crippen MR) is 113 cm³/mol. The van der Waals surface area contributed by atoms with E-state index in [4.69, 9.17) is 17.0 Å². The van der Waals surface area contributed by atoms with Crippen molar-refractivity contribution in [2.45, 2.75) is 18.9 Å². The summed E-state index contributed by atoms with van der Waals surface area (Å²) in [6.45, 7) is 0.892. The fourth-order valence-corrected chi connectivity index (χ4v) is 3.63. The molecule has 0 saturated carbocycles. The molecule has 9 heteroatoms. The Morgan fingerprint density at radius 3 is 2.30 bits per heavy atom. The number of nitrogens with one attached hydrogen (secondary N) is 1. The van der Waals surface area contributed by atoms with Crippen LogP contribution in [0.1, 0.15) is 12.8 Å². The second kappa shape index (κ2) is 9.73. The van der Waals surface area contributed by atoms with Gasteiger partial charge in [0.2, 0.25) is 5.91 Å². The summed E-state index contributed by atoms with van der Waals surface area (Å²) in [4.78, 5) is 28.7. The number of hydrogen-bond donors (Lipinski definition) is 1. The number of methoxy groups -OCH3 is 1. The molecule has 0 aliphatic carbocycles. The van der Waals surface area contributed by atoms with Crippen molar-refractivity contribution in [3.63, 3.8) is 0 Å². The summed E-state index contributed by atoms with van der Waals surface area (Å²) >= 11 is 5.50. The van der Waals surface area contributed by atoms with Crippen LogP contribution in [0.4, 0.5) is 20.2 Å². The molecule has 1 heterocycles. The van der Waals surface area contributed by atoms with Crippen LogP contribution in [0.3, 0.4) is 0 Å². The topological polar surface area (TPSA) is 61.9 Å². The van der Waals surface area contributed by atoms with Crippen molar-refractivity contribution in [1.82, 2.24) is 4.90 Å². The molecule has 1 N–H and O–H groups in total. The maximum atomic E-state index is 13.3. The van der Waals surface area contributed by atoms with Crippen LogP contribution < -0.4 is 10.2 Å². The third-order valence-electron chi connectivity index (χ3n) is 4.66. The lowest BCUT2D eigenvalue weighted by Crippen LogP contribution is -2.38. The third-order valence-corrected chi connectivity index (χ3v) is 5.07. The zero-order valence-electron chi connectivity index (χ0n) is 16.3. The number of carbonyl (C=O) groups is 2. The predicted octanol–water partition coefficient (Wildman–Crippen LogP) is 3.33. The van der Waals surface area contributed by atoms with Crippen molar-refractivity contribution in [2.75, 3.05) is 30.5 Å². The van der Waals surface area contributed by atoms with E-state index in [1.54, 1.807) is 12.0 Å². The monoisotopic (exact) mass is 433 g/mol. The van der Waals surface area contributed by atoms with E-state index >= 15 is 0 Å². The number of amides is 2. The van der Waals surface area contributed by atoms with E-state index in [0.29, 0.717) is 30.9 Å². The van der Waals surface area contributed by atoms with Crippen molar-refractivity contribution in [1.29, 1.82) is 0 Å². The van der Waals surface area contributed by atoms with E-state index in [0.717, 1.165) is 0 Å². The Hall–Kier alpha value is -2.91. The number of nitrogens with zero attached hydrogens (tertiary/aromatic N) is 2. The largest absolute Gasteiger partial charge is 0.385 e. The molecule has 0 unspecified atom stereocenters. The first-order chi connectivity index (χ1) is 14.4. The quantitative estimate of drug-likeness (QED) is 0.511. The molecule has 3 rings (SSSR count). The molecular formula is C21H21F2N3O3S. The second-order valence-corrected chi connectivity index (χ2v) is 7.11. The number of rotatable bonds is 8. The van der Waals surface area contributed by atoms with Crippen LogP contribution in [-0.2, 0) is 14.3 Å². The highest BCUT2D eigenvalue weighted by Gasteiger charge is 2.43. The lowest BCUT2D eigenvalue weighted by Gasteiger charge is -2.23. The minimum atomic E-state index is -0.806. The van der Waals surface area contributed by atoms with Gasteiger partial charge in [-0.05, 0) is 67.2 Å². The average Bonchev–Trinajstić information content (AvgIpc) is 2.94. The molecule has 2 aromatic rings. The Balaban J connectivity index is 1.78. The molecule has 0 bridgehead atoms. The van der Waals surface area contributed by atoms with Crippen LogP contribution in [-0.4, -0.2) is 48.1 Å². The maximum absolute atomic E-state index is 13.3. The summed E-state index contributed by atoms with van der Waals surface area (Å²) < 4.78 is 31.4. The maximum Gasteiger partial charge on any atom is 0.256 e. The zero-order chi connectivity index (χ0) is 21.7. The van der Waals surface area contributed by atoms with Gasteiger partial charge in [0.05, 0.1) is 12.1 Å². The molecule has 158 valence electrons. The van der Waals surface area contributed by atoms with Gasteiger partial charge < -0.3 is 15.0 Å². The van der Waals surface area contributed by atoms with Gasteiger partial charge in [0.1, 0.15) is 17.7 Å². The molecule has 6 nitrogen and oxygen atoms in total. The Bertz CT molecular complexity index is 922. The van der Waals surface area contributed by atoms with Crippen molar-refractivity contribution >= 4 is 40.5 Å². The van der Waals surface area contributed by atoms with Crippen LogP contribution in [0.2, 0.25) is 0 Å². The highest BCUT2D eigenvalue weighted by molar-refractivity contribution is 7.80. The molecule has 0 spiro atoms. The van der Waals surface area contributed by atoms with Gasteiger partial charge in [0.25, 0.3) is 5.91 Å². The number of carbonyl (C=O) groups excluding carboxylic acids is 2. The van der Waals surface area contributed by atoms with E-state index in [1.807, 2.05) is 0 Å². The lowest BCUT2D eigenvalue weighted by molar-refractivity contribution is -0.124. The SMILES string of the molecule is COCCCN1C(=S)N(c2ccc(F)cc2)C(=O)[C@@H]1CC(=O)Nc1ccc(F)cc1. The number of thiocarbonyl (C=S) groups is 1. The minimum absolute atomic E-state index is 0.138. The number of halogens is 2. The van der Waals surface area contributed by atoms with Crippen molar-refractivity contribution < 1.29 is 23.1 Å². The Morgan fingerprint density at radius 2 is 1.70 bits per heavy atom. The van der Waals surface area contributed by atoms with E-state index in [9.17, 15) is 18.4 Å². The van der Waals surface area contributed by atoms with E-state index in [2.05, 4.69) is 5.32 Å². The number of anilines is 2. The van der Waals surface area contributed by atoms with E-state index in [1.165, 1.54) is 53.4 Å². The summed E-state index contributed by atoms with van der Waals surface area (Å²) in [5, 5.41) is 2.91. The summed E-state index contributed by atoms with van der Waals surface area (Å²) in [6, 6.07) is 9.97. The summed E-state index contributed by atoms with van der Waals surface area (Å²) in [5.74, 6) is -1.61. The van der Waals surface area contributed by atoms with Gasteiger partial charge in [-0.25, -0.2) is 8.78 Å². The highest BCUT2D eigenvalue weighted by atomic mass is 32.1. The Kier molecular flexibility index (Phi) is 7.07. The molecule has 1 atom stereocenters. The van der Waals surface area contributed by atoms with Gasteiger partial charge in [0, 0.05) is 25.9 Å². The molecule has 1 fully saturated rings. The zero-order valence-corrected chi connectivity index (χ0v) is 17.1. The molecule has 1 aliphatic rings. The van der Waals surface area contributed by atoms with Gasteiger partial charge in [-0.1, -0.05) is 0 Å². The first-order valence-electron chi connectivity index (χ1n) is 9.35. The van der Waals surface area contributed by atoms with Gasteiger partial charge >= 0.3 is 0 Å². The second-order valence-electron chi connectivity index (χ2n) is 6.75. The van der Waals surface area contributed by atoms with Crippen LogP contribution in [0.5, 0.6) is 0 Å². The van der Waals surface area contributed by atoms with Crippen molar-refractivity contribution in [2.24, 2.45) is 0 Å². The number of ether oxygens (including phenoxy) is 1. The van der Waals surface area contributed by atoms with E-state index in [-0.39, 0.29) is 17.4 Å². The van der Waals surface area contributed by atoms with Gasteiger partial charge in [0.15, 0.2) is 5.11 Å². The third kappa shape index (κ3) is 4.98. The lowest BCUT2D eigenvalue weighted by atomic mass is 10.1. The molecular weight excluding hydrogens is 412 g/mol. The first-order valence-corrected chi connectivity index (χ1v) is 9.76. The normalized spacial score (nSPS) is 16.3. The number of benzene rings is 2. The van der Waals surface area contributed by atoms with Crippen LogP contribution in [0.25, 0.3) is 0 Å². The molecule has 1 saturated heterocycles.